The van der Waals surface area contributed by atoms with Crippen LogP contribution in [0.25, 0.3) is 0 Å². The predicted octanol–water partition coefficient (Wildman–Crippen LogP) is 2.50. The molecule has 1 amide bonds. The number of aromatic nitrogens is 1. The number of benzene rings is 1. The van der Waals surface area contributed by atoms with Crippen LogP contribution in [0.2, 0.25) is 0 Å². The van der Waals surface area contributed by atoms with Crippen LogP contribution in [0, 0.1) is 19.1 Å². The molecule has 132 valence electrons. The fourth-order valence-electron chi connectivity index (χ4n) is 3.31. The smallest absolute Gasteiger partial charge is 0.252 e. The van der Waals surface area contributed by atoms with Crippen LogP contribution >= 0.6 is 0 Å². The van der Waals surface area contributed by atoms with Gasteiger partial charge in [0.2, 0.25) is 0 Å². The van der Waals surface area contributed by atoms with E-state index in [4.69, 9.17) is 0 Å². The van der Waals surface area contributed by atoms with Crippen molar-refractivity contribution in [2.45, 2.75) is 32.6 Å². The molecule has 0 atom stereocenters. The van der Waals surface area contributed by atoms with Crippen LogP contribution in [-0.2, 0) is 0 Å². The Bertz CT molecular complexity index is 752. The molecule has 0 unspecified atom stereocenters. The van der Waals surface area contributed by atoms with Crippen molar-refractivity contribution in [2.24, 2.45) is 0 Å². The van der Waals surface area contributed by atoms with Crippen molar-refractivity contribution >= 4 is 5.91 Å². The molecule has 2 aromatic rings. The standard InChI is InChI=1S/C20H25N3O2/c1-15-6-7-18(13-16(15)2)20(24)21-14-22-11-8-17(9-12-22)19-5-3-4-10-23(19)25/h3-7,10,13,17H,8-9,11-12,14H2,1-2H3,(H,21,24). The van der Waals surface area contributed by atoms with Crippen LogP contribution in [0.15, 0.2) is 42.6 Å². The minimum Gasteiger partial charge on any atom is -0.618 e. The highest BCUT2D eigenvalue weighted by atomic mass is 16.5. The Labute approximate surface area is 148 Å². The van der Waals surface area contributed by atoms with E-state index in [0.717, 1.165) is 41.9 Å². The van der Waals surface area contributed by atoms with Crippen LogP contribution in [0.1, 0.15) is 45.9 Å². The van der Waals surface area contributed by atoms with Gasteiger partial charge in [0.05, 0.1) is 6.67 Å². The molecular weight excluding hydrogens is 314 g/mol. The molecule has 5 heteroatoms. The molecule has 1 aliphatic heterocycles. The largest absolute Gasteiger partial charge is 0.618 e. The van der Waals surface area contributed by atoms with Gasteiger partial charge >= 0.3 is 0 Å². The van der Waals surface area contributed by atoms with Crippen molar-refractivity contribution in [3.63, 3.8) is 0 Å². The lowest BCUT2D eigenvalue weighted by molar-refractivity contribution is -0.616. The average molecular weight is 339 g/mol. The van der Waals surface area contributed by atoms with E-state index < -0.39 is 0 Å². The van der Waals surface area contributed by atoms with Gasteiger partial charge in [-0.05, 0) is 49.9 Å². The summed E-state index contributed by atoms with van der Waals surface area (Å²) in [6.07, 6.45) is 3.43. The van der Waals surface area contributed by atoms with Crippen LogP contribution in [0.3, 0.4) is 0 Å². The zero-order valence-electron chi connectivity index (χ0n) is 14.9. The zero-order valence-corrected chi connectivity index (χ0v) is 14.9. The summed E-state index contributed by atoms with van der Waals surface area (Å²) in [5.41, 5.74) is 3.87. The van der Waals surface area contributed by atoms with Crippen molar-refractivity contribution in [3.8, 4) is 0 Å². The molecule has 3 rings (SSSR count). The van der Waals surface area contributed by atoms with Crippen molar-refractivity contribution in [2.75, 3.05) is 19.8 Å². The first-order valence-corrected chi connectivity index (χ1v) is 8.80. The molecule has 25 heavy (non-hydrogen) atoms. The van der Waals surface area contributed by atoms with Gasteiger partial charge in [0, 0.05) is 36.7 Å². The molecule has 0 bridgehead atoms. The van der Waals surface area contributed by atoms with E-state index in [1.807, 2.05) is 44.2 Å². The molecule has 1 aliphatic rings. The SMILES string of the molecule is Cc1ccc(C(=O)NCN2CCC(c3cccc[n+]3[O-])CC2)cc1C. The number of pyridine rings is 1. The summed E-state index contributed by atoms with van der Waals surface area (Å²) in [4.78, 5) is 14.5. The fraction of sp³-hybridized carbons (Fsp3) is 0.400. The molecule has 2 heterocycles. The van der Waals surface area contributed by atoms with E-state index in [9.17, 15) is 10.0 Å². The number of rotatable bonds is 4. The van der Waals surface area contributed by atoms with Crippen molar-refractivity contribution in [1.82, 2.24) is 10.2 Å². The van der Waals surface area contributed by atoms with E-state index in [0.29, 0.717) is 18.2 Å². The highest BCUT2D eigenvalue weighted by molar-refractivity contribution is 5.94. The van der Waals surface area contributed by atoms with Crippen molar-refractivity contribution in [1.29, 1.82) is 0 Å². The van der Waals surface area contributed by atoms with Gasteiger partial charge in [-0.15, -0.1) is 0 Å². The van der Waals surface area contributed by atoms with Gasteiger partial charge in [-0.1, -0.05) is 12.1 Å². The van der Waals surface area contributed by atoms with E-state index in [1.54, 1.807) is 12.3 Å². The Kier molecular flexibility index (Phi) is 5.34. The maximum Gasteiger partial charge on any atom is 0.252 e. The summed E-state index contributed by atoms with van der Waals surface area (Å²) >= 11 is 0. The molecule has 1 fully saturated rings. The molecule has 0 spiro atoms. The second-order valence-electron chi connectivity index (χ2n) is 6.81. The average Bonchev–Trinajstić information content (AvgIpc) is 2.63. The Morgan fingerprint density at radius 2 is 1.96 bits per heavy atom. The summed E-state index contributed by atoms with van der Waals surface area (Å²) in [6, 6.07) is 11.4. The molecule has 5 nitrogen and oxygen atoms in total. The topological polar surface area (TPSA) is 59.3 Å². The molecule has 1 saturated heterocycles. The van der Waals surface area contributed by atoms with Crippen LogP contribution < -0.4 is 10.0 Å². The maximum absolute atomic E-state index is 12.3. The van der Waals surface area contributed by atoms with Crippen LogP contribution in [-0.4, -0.2) is 30.6 Å². The molecule has 0 radical (unpaired) electrons. The third-order valence-electron chi connectivity index (χ3n) is 5.09. The second-order valence-corrected chi connectivity index (χ2v) is 6.81. The van der Waals surface area contributed by atoms with Gasteiger partial charge in [0.25, 0.3) is 5.91 Å². The number of aryl methyl sites for hydroxylation is 2. The number of amides is 1. The number of nitrogens with one attached hydrogen (secondary N) is 1. The van der Waals surface area contributed by atoms with Gasteiger partial charge in [-0.25, -0.2) is 0 Å². The number of likely N-dealkylation sites (tertiary alicyclic amines) is 1. The fourth-order valence-corrected chi connectivity index (χ4v) is 3.31. The summed E-state index contributed by atoms with van der Waals surface area (Å²) < 4.78 is 0.974. The first-order valence-electron chi connectivity index (χ1n) is 8.80. The second kappa shape index (κ2) is 7.66. The summed E-state index contributed by atoms with van der Waals surface area (Å²) in [6.45, 7) is 6.37. The molecule has 1 aromatic heterocycles. The number of nitrogens with zero attached hydrogens (tertiary/aromatic N) is 2. The Morgan fingerprint density at radius 1 is 1.20 bits per heavy atom. The minimum absolute atomic E-state index is 0.0364. The first-order chi connectivity index (χ1) is 12.0. The van der Waals surface area contributed by atoms with E-state index >= 15 is 0 Å². The Hall–Kier alpha value is -2.40. The maximum atomic E-state index is 12.3. The summed E-state index contributed by atoms with van der Waals surface area (Å²) in [7, 11) is 0. The Balaban J connectivity index is 1.50. The number of hydrogen-bond donors (Lipinski definition) is 1. The predicted molar refractivity (Wildman–Crippen MR) is 97.2 cm³/mol. The first kappa shape index (κ1) is 17.4. The number of piperidine rings is 1. The normalized spacial score (nSPS) is 15.9. The number of carbonyl (C=O) groups excluding carboxylic acids is 1. The highest BCUT2D eigenvalue weighted by Gasteiger charge is 2.25. The van der Waals surface area contributed by atoms with Gasteiger partial charge in [-0.2, -0.15) is 4.73 Å². The van der Waals surface area contributed by atoms with E-state index in [-0.39, 0.29) is 5.91 Å². The molecule has 0 aliphatic carbocycles. The van der Waals surface area contributed by atoms with E-state index in [1.165, 1.54) is 5.56 Å². The van der Waals surface area contributed by atoms with Gasteiger partial charge in [0.1, 0.15) is 0 Å². The Morgan fingerprint density at radius 3 is 2.64 bits per heavy atom. The third kappa shape index (κ3) is 4.17. The number of carbonyl (C=O) groups is 1. The summed E-state index contributed by atoms with van der Waals surface area (Å²) in [5, 5.41) is 14.9. The van der Waals surface area contributed by atoms with Crippen molar-refractivity contribution in [3.05, 3.63) is 70.2 Å². The number of hydrogen-bond acceptors (Lipinski definition) is 3. The lowest BCUT2D eigenvalue weighted by atomic mass is 9.93. The lowest BCUT2D eigenvalue weighted by Gasteiger charge is -2.31. The molecule has 1 N–H and O–H groups in total. The van der Waals surface area contributed by atoms with Crippen molar-refractivity contribution < 1.29 is 9.52 Å². The van der Waals surface area contributed by atoms with Gasteiger partial charge in [-0.3, -0.25) is 9.69 Å². The molecular formula is C20H25N3O2. The molecule has 1 aromatic carbocycles. The van der Waals surface area contributed by atoms with Gasteiger partial charge < -0.3 is 10.5 Å². The van der Waals surface area contributed by atoms with Crippen LogP contribution in [0.5, 0.6) is 0 Å². The lowest BCUT2D eigenvalue weighted by Crippen LogP contribution is -2.43. The summed E-state index contributed by atoms with van der Waals surface area (Å²) in [5.74, 6) is 0.260. The van der Waals surface area contributed by atoms with Crippen LogP contribution in [0.4, 0.5) is 0 Å². The molecule has 0 saturated carbocycles. The van der Waals surface area contributed by atoms with Gasteiger partial charge in [0.15, 0.2) is 11.9 Å². The van der Waals surface area contributed by atoms with E-state index in [2.05, 4.69) is 10.2 Å². The minimum atomic E-state index is -0.0364. The third-order valence-corrected chi connectivity index (χ3v) is 5.09. The monoisotopic (exact) mass is 339 g/mol. The zero-order chi connectivity index (χ0) is 17.8. The highest BCUT2D eigenvalue weighted by Crippen LogP contribution is 2.25. The quantitative estimate of drug-likeness (QED) is 0.688.